The van der Waals surface area contributed by atoms with Crippen LogP contribution in [0.1, 0.15) is 34.8 Å². The van der Waals surface area contributed by atoms with Gasteiger partial charge in [-0.15, -0.1) is 0 Å². The summed E-state index contributed by atoms with van der Waals surface area (Å²) >= 11 is 0. The van der Waals surface area contributed by atoms with Gasteiger partial charge in [-0.1, -0.05) is 38.3 Å². The molecule has 1 unspecified atom stereocenters. The molecular weight excluding hydrogens is 378 g/mol. The molecule has 3 rings (SSSR count). The predicted octanol–water partition coefficient (Wildman–Crippen LogP) is 4.63. The molecule has 0 amide bonds. The minimum Gasteiger partial charge on any atom is -0.496 e. The molecule has 0 N–H and O–H groups in total. The number of ether oxygens (including phenoxy) is 3. The summed E-state index contributed by atoms with van der Waals surface area (Å²) in [5, 5.41) is 0. The number of hydrogen-bond acceptors (Lipinski definition) is 5. The standard InChI is InChI=1S/C25H29NO4/c1-6-17-13-19(14-23(28-5)25(17)22(27)8-3)20(7-2)21-10-9-18(15-26(21)4)24-16-29-11-12-30-24/h6-7,9-10,13-15,24H,1-2,8,11-12,16H2,3-5H3/b21-20+. The number of methoxy groups -OCH3 is 1. The summed E-state index contributed by atoms with van der Waals surface area (Å²) in [7, 11) is 3.57. The normalized spacial score (nSPS) is 20.4. The molecule has 1 atom stereocenters. The van der Waals surface area contributed by atoms with E-state index in [9.17, 15) is 4.79 Å². The van der Waals surface area contributed by atoms with Crippen LogP contribution >= 0.6 is 0 Å². The van der Waals surface area contributed by atoms with Crippen LogP contribution in [0.3, 0.4) is 0 Å². The maximum atomic E-state index is 12.5. The Bertz CT molecular complexity index is 933. The largest absolute Gasteiger partial charge is 0.496 e. The molecule has 158 valence electrons. The second-order valence-corrected chi connectivity index (χ2v) is 7.13. The Labute approximate surface area is 178 Å². The summed E-state index contributed by atoms with van der Waals surface area (Å²) in [5.41, 5.74) is 5.21. The smallest absolute Gasteiger partial charge is 0.166 e. The van der Waals surface area contributed by atoms with Gasteiger partial charge >= 0.3 is 0 Å². The van der Waals surface area contributed by atoms with Crippen LogP contribution in [-0.4, -0.2) is 50.8 Å². The molecule has 2 heterocycles. The van der Waals surface area contributed by atoms with E-state index in [0.29, 0.717) is 37.6 Å². The highest BCUT2D eigenvalue weighted by molar-refractivity contribution is 6.02. The number of carbonyl (C=O) groups excluding carboxylic acids is 1. The lowest BCUT2D eigenvalue weighted by atomic mass is 9.93. The zero-order valence-corrected chi connectivity index (χ0v) is 17.9. The Balaban J connectivity index is 2.03. The first-order chi connectivity index (χ1) is 14.5. The van der Waals surface area contributed by atoms with Gasteiger partial charge in [0.05, 0.1) is 32.5 Å². The lowest BCUT2D eigenvalue weighted by Crippen LogP contribution is -2.31. The van der Waals surface area contributed by atoms with E-state index in [1.165, 1.54) is 0 Å². The third-order valence-corrected chi connectivity index (χ3v) is 5.31. The molecule has 0 aromatic heterocycles. The van der Waals surface area contributed by atoms with Crippen LogP contribution in [0.4, 0.5) is 0 Å². The molecule has 0 bridgehead atoms. The van der Waals surface area contributed by atoms with Gasteiger partial charge in [-0.2, -0.15) is 0 Å². The SMILES string of the molecule is C=C/C(=C1/C=CC(C2COCCO2)=CN1C)c1cc(C=C)c(C(=O)CC)c(OC)c1. The fraction of sp³-hybridized carbons (Fsp3) is 0.320. The molecular formula is C25H29NO4. The quantitative estimate of drug-likeness (QED) is 0.617. The number of Topliss-reactive ketones (excluding diaryl/α,β-unsaturated/α-hetero) is 1. The highest BCUT2D eigenvalue weighted by atomic mass is 16.6. The van der Waals surface area contributed by atoms with Crippen molar-refractivity contribution < 1.29 is 19.0 Å². The number of hydrogen-bond donors (Lipinski definition) is 0. The minimum absolute atomic E-state index is 0.0260. The zero-order valence-electron chi connectivity index (χ0n) is 17.9. The fourth-order valence-corrected chi connectivity index (χ4v) is 3.74. The van der Waals surface area contributed by atoms with Gasteiger partial charge in [0, 0.05) is 30.9 Å². The number of rotatable bonds is 7. The molecule has 2 aliphatic rings. The lowest BCUT2D eigenvalue weighted by molar-refractivity contribution is -0.0713. The summed E-state index contributed by atoms with van der Waals surface area (Å²) in [6.07, 6.45) is 10.0. The van der Waals surface area contributed by atoms with Gasteiger partial charge < -0.3 is 19.1 Å². The van der Waals surface area contributed by atoms with E-state index in [1.807, 2.05) is 32.2 Å². The average Bonchev–Trinajstić information content (AvgIpc) is 2.79. The van der Waals surface area contributed by atoms with E-state index in [2.05, 4.69) is 36.4 Å². The van der Waals surface area contributed by atoms with Gasteiger partial charge in [-0.25, -0.2) is 0 Å². The molecule has 1 fully saturated rings. The minimum atomic E-state index is -0.0574. The van der Waals surface area contributed by atoms with Crippen molar-refractivity contribution in [1.82, 2.24) is 4.90 Å². The van der Waals surface area contributed by atoms with E-state index in [-0.39, 0.29) is 11.9 Å². The maximum Gasteiger partial charge on any atom is 0.166 e. The summed E-state index contributed by atoms with van der Waals surface area (Å²) in [4.78, 5) is 14.5. The van der Waals surface area contributed by atoms with Gasteiger partial charge in [0.1, 0.15) is 11.9 Å². The van der Waals surface area contributed by atoms with Crippen LogP contribution in [-0.2, 0) is 9.47 Å². The van der Waals surface area contributed by atoms with Gasteiger partial charge in [-0.3, -0.25) is 4.79 Å². The van der Waals surface area contributed by atoms with Crippen molar-refractivity contribution in [3.05, 3.63) is 77.7 Å². The Kier molecular flexibility index (Phi) is 7.08. The van der Waals surface area contributed by atoms with Crippen molar-refractivity contribution in [2.45, 2.75) is 19.4 Å². The van der Waals surface area contributed by atoms with Crippen molar-refractivity contribution in [2.24, 2.45) is 0 Å². The van der Waals surface area contributed by atoms with Crippen LogP contribution in [0.5, 0.6) is 5.75 Å². The van der Waals surface area contributed by atoms with Crippen molar-refractivity contribution in [3.8, 4) is 5.75 Å². The Hall–Kier alpha value is -2.89. The van der Waals surface area contributed by atoms with E-state index in [1.54, 1.807) is 13.2 Å². The molecule has 0 aliphatic carbocycles. The highest BCUT2D eigenvalue weighted by Crippen LogP contribution is 2.34. The molecule has 2 aliphatic heterocycles. The lowest BCUT2D eigenvalue weighted by Gasteiger charge is -2.29. The third kappa shape index (κ3) is 4.32. The first-order valence-electron chi connectivity index (χ1n) is 10.1. The Morgan fingerprint density at radius 3 is 2.67 bits per heavy atom. The third-order valence-electron chi connectivity index (χ3n) is 5.31. The predicted molar refractivity (Wildman–Crippen MR) is 120 cm³/mol. The number of allylic oxidation sites excluding steroid dienone is 3. The van der Waals surface area contributed by atoms with Crippen LogP contribution in [0.25, 0.3) is 11.6 Å². The second-order valence-electron chi connectivity index (χ2n) is 7.13. The molecule has 0 spiro atoms. The van der Waals surface area contributed by atoms with Crippen molar-refractivity contribution >= 4 is 17.4 Å². The van der Waals surface area contributed by atoms with E-state index < -0.39 is 0 Å². The number of benzene rings is 1. The van der Waals surface area contributed by atoms with Crippen LogP contribution in [0.2, 0.25) is 0 Å². The van der Waals surface area contributed by atoms with Gasteiger partial charge in [0.2, 0.25) is 0 Å². The van der Waals surface area contributed by atoms with Crippen LogP contribution < -0.4 is 4.74 Å². The molecule has 0 radical (unpaired) electrons. The van der Waals surface area contributed by atoms with Crippen molar-refractivity contribution in [2.75, 3.05) is 34.0 Å². The maximum absolute atomic E-state index is 12.5. The first-order valence-corrected chi connectivity index (χ1v) is 10.1. The van der Waals surface area contributed by atoms with Crippen LogP contribution in [0, 0.1) is 0 Å². The van der Waals surface area contributed by atoms with Crippen molar-refractivity contribution in [3.63, 3.8) is 0 Å². The number of carbonyl (C=O) groups is 1. The van der Waals surface area contributed by atoms with E-state index >= 15 is 0 Å². The van der Waals surface area contributed by atoms with Gasteiger partial charge in [-0.05, 0) is 34.9 Å². The molecule has 1 aromatic carbocycles. The number of ketones is 1. The highest BCUT2D eigenvalue weighted by Gasteiger charge is 2.22. The summed E-state index contributed by atoms with van der Waals surface area (Å²) in [6.45, 7) is 11.6. The molecule has 0 saturated carbocycles. The van der Waals surface area contributed by atoms with E-state index in [0.717, 1.165) is 28.0 Å². The van der Waals surface area contributed by atoms with Crippen molar-refractivity contribution in [1.29, 1.82) is 0 Å². The zero-order chi connectivity index (χ0) is 21.7. The summed E-state index contributed by atoms with van der Waals surface area (Å²) < 4.78 is 16.9. The summed E-state index contributed by atoms with van der Waals surface area (Å²) in [5.74, 6) is 0.568. The molecule has 5 heteroatoms. The summed E-state index contributed by atoms with van der Waals surface area (Å²) in [6, 6.07) is 3.85. The second kappa shape index (κ2) is 9.74. The van der Waals surface area contributed by atoms with E-state index in [4.69, 9.17) is 14.2 Å². The number of likely N-dealkylation sites (N-methyl/N-ethyl adjacent to an activating group) is 1. The molecule has 30 heavy (non-hydrogen) atoms. The monoisotopic (exact) mass is 407 g/mol. The Morgan fingerprint density at radius 1 is 1.30 bits per heavy atom. The average molecular weight is 408 g/mol. The molecule has 5 nitrogen and oxygen atoms in total. The van der Waals surface area contributed by atoms with Gasteiger partial charge in [0.15, 0.2) is 5.78 Å². The number of nitrogens with zero attached hydrogens (tertiary/aromatic N) is 1. The van der Waals surface area contributed by atoms with Gasteiger partial charge in [0.25, 0.3) is 0 Å². The van der Waals surface area contributed by atoms with Crippen LogP contribution in [0.15, 0.2) is 61.0 Å². The topological polar surface area (TPSA) is 48.0 Å². The first kappa shape index (κ1) is 21.8. The Morgan fingerprint density at radius 2 is 2.10 bits per heavy atom. The fourth-order valence-electron chi connectivity index (χ4n) is 3.74. The molecule has 1 aromatic rings. The molecule has 1 saturated heterocycles.